The molecule has 20 heavy (non-hydrogen) atoms. The third kappa shape index (κ3) is 6.25. The Labute approximate surface area is 117 Å². The van der Waals surface area contributed by atoms with Crippen molar-refractivity contribution in [1.82, 2.24) is 5.32 Å². The van der Waals surface area contributed by atoms with Crippen molar-refractivity contribution in [3.63, 3.8) is 0 Å². The van der Waals surface area contributed by atoms with Gasteiger partial charge >= 0.3 is 6.36 Å². The molecule has 0 spiro atoms. The van der Waals surface area contributed by atoms with E-state index < -0.39 is 6.36 Å². The van der Waals surface area contributed by atoms with Crippen LogP contribution >= 0.6 is 0 Å². The Morgan fingerprint density at radius 3 is 2.60 bits per heavy atom. The lowest BCUT2D eigenvalue weighted by molar-refractivity contribution is -0.274. The molecule has 0 aliphatic heterocycles. The number of halogens is 3. The van der Waals surface area contributed by atoms with Gasteiger partial charge in [0, 0.05) is 6.61 Å². The maximum atomic E-state index is 12.2. The van der Waals surface area contributed by atoms with Crippen molar-refractivity contribution in [2.24, 2.45) is 0 Å². The van der Waals surface area contributed by atoms with Gasteiger partial charge in [0.25, 0.3) is 0 Å². The van der Waals surface area contributed by atoms with Crippen molar-refractivity contribution in [2.75, 3.05) is 19.8 Å². The molecule has 0 aromatic heterocycles. The molecule has 1 aromatic rings. The molecule has 0 heterocycles. The number of nitrogens with one attached hydrogen (secondary N) is 1. The van der Waals surface area contributed by atoms with Gasteiger partial charge in [-0.05, 0) is 30.7 Å². The smallest absolute Gasteiger partial charge is 0.406 e. The summed E-state index contributed by atoms with van der Waals surface area (Å²) in [5, 5.41) is 3.19. The fraction of sp³-hybridized carbons (Fsp3) is 0.571. The number of likely N-dealkylation sites (N-methyl/N-ethyl adjacent to an activating group) is 1. The Bertz CT molecular complexity index is 396. The first-order valence-corrected chi connectivity index (χ1v) is 6.63. The molecular weight excluding hydrogens is 271 g/mol. The van der Waals surface area contributed by atoms with E-state index in [2.05, 4.69) is 10.1 Å². The van der Waals surface area contributed by atoms with Crippen LogP contribution in [0.5, 0.6) is 5.75 Å². The zero-order valence-corrected chi connectivity index (χ0v) is 11.7. The van der Waals surface area contributed by atoms with Crippen molar-refractivity contribution in [3.05, 3.63) is 29.8 Å². The van der Waals surface area contributed by atoms with Gasteiger partial charge in [0.1, 0.15) is 5.75 Å². The molecule has 1 atom stereocenters. The standard InChI is InChI=1S/C14H20F3NO2/c1-3-8-19-10-13(18-4-2)11-6-5-7-12(9-11)20-14(15,16)17/h5-7,9,13,18H,3-4,8,10H2,1-2H3. The van der Waals surface area contributed by atoms with Gasteiger partial charge in [-0.15, -0.1) is 13.2 Å². The van der Waals surface area contributed by atoms with Gasteiger partial charge in [-0.1, -0.05) is 26.0 Å². The second-order valence-corrected chi connectivity index (χ2v) is 4.31. The van der Waals surface area contributed by atoms with Gasteiger partial charge in [-0.3, -0.25) is 0 Å². The van der Waals surface area contributed by atoms with E-state index >= 15 is 0 Å². The van der Waals surface area contributed by atoms with Gasteiger partial charge in [0.2, 0.25) is 0 Å². The van der Waals surface area contributed by atoms with Crippen molar-refractivity contribution < 1.29 is 22.6 Å². The third-order valence-corrected chi connectivity index (χ3v) is 2.58. The normalized spacial score (nSPS) is 13.2. The number of alkyl halides is 3. The van der Waals surface area contributed by atoms with Gasteiger partial charge < -0.3 is 14.8 Å². The molecule has 6 heteroatoms. The fourth-order valence-corrected chi connectivity index (χ4v) is 1.79. The molecule has 3 nitrogen and oxygen atoms in total. The molecule has 0 saturated heterocycles. The van der Waals surface area contributed by atoms with E-state index in [1.54, 1.807) is 12.1 Å². The average Bonchev–Trinajstić information content (AvgIpc) is 2.36. The lowest BCUT2D eigenvalue weighted by Crippen LogP contribution is -2.25. The first-order chi connectivity index (χ1) is 9.46. The van der Waals surface area contributed by atoms with E-state index in [1.165, 1.54) is 12.1 Å². The third-order valence-electron chi connectivity index (χ3n) is 2.58. The molecule has 1 N–H and O–H groups in total. The Balaban J connectivity index is 2.76. The predicted octanol–water partition coefficient (Wildman–Crippen LogP) is 3.66. The monoisotopic (exact) mass is 291 g/mol. The van der Waals surface area contributed by atoms with Crippen LogP contribution in [-0.4, -0.2) is 26.1 Å². The SMILES string of the molecule is CCCOCC(NCC)c1cccc(OC(F)(F)F)c1. The summed E-state index contributed by atoms with van der Waals surface area (Å²) in [5.41, 5.74) is 0.713. The largest absolute Gasteiger partial charge is 0.573 e. The highest BCUT2D eigenvalue weighted by atomic mass is 19.4. The van der Waals surface area contributed by atoms with Gasteiger partial charge in [0.15, 0.2) is 0 Å². The fourth-order valence-electron chi connectivity index (χ4n) is 1.79. The summed E-state index contributed by atoms with van der Waals surface area (Å²) in [5.74, 6) is -0.214. The molecular formula is C14H20F3NO2. The first-order valence-electron chi connectivity index (χ1n) is 6.63. The second kappa shape index (κ2) is 8.11. The zero-order chi connectivity index (χ0) is 15.0. The summed E-state index contributed by atoms with van der Waals surface area (Å²) < 4.78 is 46.0. The van der Waals surface area contributed by atoms with Crippen LogP contribution in [0, 0.1) is 0 Å². The molecule has 114 valence electrons. The highest BCUT2D eigenvalue weighted by molar-refractivity contribution is 5.30. The van der Waals surface area contributed by atoms with Crippen LogP contribution in [0.4, 0.5) is 13.2 Å². The molecule has 1 rings (SSSR count). The highest BCUT2D eigenvalue weighted by Crippen LogP contribution is 2.25. The van der Waals surface area contributed by atoms with Crippen LogP contribution in [0.15, 0.2) is 24.3 Å². The minimum Gasteiger partial charge on any atom is -0.406 e. The van der Waals surface area contributed by atoms with Crippen LogP contribution in [-0.2, 0) is 4.74 Å². The first kappa shape index (κ1) is 16.8. The van der Waals surface area contributed by atoms with Crippen LogP contribution in [0.2, 0.25) is 0 Å². The van der Waals surface area contributed by atoms with Crippen LogP contribution in [0.3, 0.4) is 0 Å². The van der Waals surface area contributed by atoms with E-state index in [9.17, 15) is 13.2 Å². The Hall–Kier alpha value is -1.27. The summed E-state index contributed by atoms with van der Waals surface area (Å²) in [6.45, 7) is 5.67. The lowest BCUT2D eigenvalue weighted by Gasteiger charge is -2.19. The molecule has 0 aliphatic carbocycles. The number of hydrogen-bond donors (Lipinski definition) is 1. The molecule has 0 fully saturated rings. The highest BCUT2D eigenvalue weighted by Gasteiger charge is 2.31. The number of ether oxygens (including phenoxy) is 2. The minimum absolute atomic E-state index is 0.150. The Kier molecular flexibility index (Phi) is 6.81. The molecule has 0 bridgehead atoms. The summed E-state index contributed by atoms with van der Waals surface area (Å²) in [6.07, 6.45) is -3.78. The minimum atomic E-state index is -4.68. The van der Waals surface area contributed by atoms with E-state index in [1.807, 2.05) is 13.8 Å². The number of rotatable bonds is 8. The van der Waals surface area contributed by atoms with Crippen molar-refractivity contribution in [3.8, 4) is 5.75 Å². The van der Waals surface area contributed by atoms with Crippen LogP contribution < -0.4 is 10.1 Å². The Morgan fingerprint density at radius 2 is 2.00 bits per heavy atom. The molecule has 0 aliphatic rings. The van der Waals surface area contributed by atoms with E-state index in [0.29, 0.717) is 25.3 Å². The van der Waals surface area contributed by atoms with Gasteiger partial charge in [-0.25, -0.2) is 0 Å². The van der Waals surface area contributed by atoms with E-state index in [-0.39, 0.29) is 11.8 Å². The summed E-state index contributed by atoms with van der Waals surface area (Å²) >= 11 is 0. The van der Waals surface area contributed by atoms with Crippen molar-refractivity contribution >= 4 is 0 Å². The maximum Gasteiger partial charge on any atom is 0.573 e. The van der Waals surface area contributed by atoms with Crippen molar-refractivity contribution in [2.45, 2.75) is 32.7 Å². The number of hydrogen-bond acceptors (Lipinski definition) is 3. The van der Waals surface area contributed by atoms with E-state index in [4.69, 9.17) is 4.74 Å². The lowest BCUT2D eigenvalue weighted by atomic mass is 10.1. The second-order valence-electron chi connectivity index (χ2n) is 4.31. The Morgan fingerprint density at radius 1 is 1.25 bits per heavy atom. The molecule has 1 aromatic carbocycles. The van der Waals surface area contributed by atoms with Gasteiger partial charge in [0.05, 0.1) is 12.6 Å². The molecule has 0 amide bonds. The summed E-state index contributed by atoms with van der Waals surface area (Å²) in [7, 11) is 0. The van der Waals surface area contributed by atoms with Crippen LogP contribution in [0.1, 0.15) is 31.9 Å². The molecule has 0 radical (unpaired) electrons. The maximum absolute atomic E-state index is 12.2. The summed E-state index contributed by atoms with van der Waals surface area (Å²) in [4.78, 5) is 0. The van der Waals surface area contributed by atoms with Crippen molar-refractivity contribution in [1.29, 1.82) is 0 Å². The quantitative estimate of drug-likeness (QED) is 0.741. The molecule has 0 saturated carbocycles. The summed E-state index contributed by atoms with van der Waals surface area (Å²) in [6, 6.07) is 5.82. The number of benzene rings is 1. The van der Waals surface area contributed by atoms with Crippen LogP contribution in [0.25, 0.3) is 0 Å². The topological polar surface area (TPSA) is 30.5 Å². The molecule has 1 unspecified atom stereocenters. The predicted molar refractivity (Wildman–Crippen MR) is 70.7 cm³/mol. The van der Waals surface area contributed by atoms with Gasteiger partial charge in [-0.2, -0.15) is 0 Å². The average molecular weight is 291 g/mol. The zero-order valence-electron chi connectivity index (χ0n) is 11.7. The van der Waals surface area contributed by atoms with E-state index in [0.717, 1.165) is 6.42 Å².